The van der Waals surface area contributed by atoms with E-state index in [9.17, 15) is 0 Å². The van der Waals surface area contributed by atoms with Gasteiger partial charge in [-0.25, -0.2) is 0 Å². The van der Waals surface area contributed by atoms with Crippen LogP contribution in [-0.4, -0.2) is 30.6 Å². The normalized spacial score (nSPS) is 21.0. The predicted octanol–water partition coefficient (Wildman–Crippen LogP) is 4.12. The molecule has 2 unspecified atom stereocenters. The molecule has 2 heteroatoms. The Balaban J connectivity index is 2.14. The Kier molecular flexibility index (Phi) is 5.45. The summed E-state index contributed by atoms with van der Waals surface area (Å²) < 4.78 is 0. The van der Waals surface area contributed by atoms with Gasteiger partial charge in [0.2, 0.25) is 0 Å². The minimum Gasteiger partial charge on any atom is -0.315 e. The molecule has 2 rings (SSSR count). The van der Waals surface area contributed by atoms with Crippen LogP contribution in [0.2, 0.25) is 0 Å². The molecule has 0 bridgehead atoms. The number of rotatable bonds is 5. The summed E-state index contributed by atoms with van der Waals surface area (Å²) in [5, 5.41) is 3.50. The Morgan fingerprint density at radius 3 is 2.38 bits per heavy atom. The minimum atomic E-state index is 0.236. The molecule has 2 atom stereocenters. The second kappa shape index (κ2) is 6.93. The molecule has 0 saturated carbocycles. The van der Waals surface area contributed by atoms with Crippen molar-refractivity contribution in [2.24, 2.45) is 0 Å². The first kappa shape index (κ1) is 16.5. The molecule has 2 nitrogen and oxygen atoms in total. The van der Waals surface area contributed by atoms with Crippen LogP contribution in [0.5, 0.6) is 0 Å². The number of hydrogen-bond acceptors (Lipinski definition) is 2. The van der Waals surface area contributed by atoms with E-state index in [0.29, 0.717) is 12.1 Å². The van der Waals surface area contributed by atoms with Crippen molar-refractivity contribution in [2.75, 3.05) is 19.6 Å². The van der Waals surface area contributed by atoms with Crippen LogP contribution >= 0.6 is 0 Å². The van der Waals surface area contributed by atoms with Gasteiger partial charge in [-0.2, -0.15) is 0 Å². The molecule has 0 amide bonds. The summed E-state index contributed by atoms with van der Waals surface area (Å²) in [5.41, 5.74) is 3.10. The van der Waals surface area contributed by atoms with Crippen molar-refractivity contribution < 1.29 is 0 Å². The molecule has 118 valence electrons. The monoisotopic (exact) mass is 288 g/mol. The van der Waals surface area contributed by atoms with E-state index in [2.05, 4.69) is 69.1 Å². The number of benzene rings is 1. The zero-order valence-electron chi connectivity index (χ0n) is 14.4. The fourth-order valence-electron chi connectivity index (χ4n) is 3.33. The van der Waals surface area contributed by atoms with E-state index in [-0.39, 0.29) is 5.41 Å². The zero-order chi connectivity index (χ0) is 15.5. The summed E-state index contributed by atoms with van der Waals surface area (Å²) in [6, 6.07) is 10.5. The van der Waals surface area contributed by atoms with Crippen molar-refractivity contribution in [2.45, 2.75) is 65.0 Å². The van der Waals surface area contributed by atoms with Gasteiger partial charge in [0.15, 0.2) is 0 Å². The Bertz CT molecular complexity index is 424. The Morgan fingerprint density at radius 1 is 1.24 bits per heavy atom. The second-order valence-electron chi connectivity index (χ2n) is 7.43. The van der Waals surface area contributed by atoms with E-state index < -0.39 is 0 Å². The van der Waals surface area contributed by atoms with E-state index in [0.717, 1.165) is 6.54 Å². The maximum atomic E-state index is 3.50. The van der Waals surface area contributed by atoms with Crippen molar-refractivity contribution in [1.29, 1.82) is 0 Å². The van der Waals surface area contributed by atoms with Crippen LogP contribution in [0.15, 0.2) is 24.3 Å². The van der Waals surface area contributed by atoms with Gasteiger partial charge in [-0.15, -0.1) is 0 Å². The summed E-state index contributed by atoms with van der Waals surface area (Å²) in [6.45, 7) is 15.0. The third-order valence-electron chi connectivity index (χ3n) is 4.74. The molecular weight excluding hydrogens is 256 g/mol. The van der Waals surface area contributed by atoms with Gasteiger partial charge in [0.05, 0.1) is 0 Å². The van der Waals surface area contributed by atoms with Gasteiger partial charge < -0.3 is 5.32 Å². The van der Waals surface area contributed by atoms with Crippen LogP contribution in [0.1, 0.15) is 64.6 Å². The molecule has 0 aliphatic carbocycles. The molecular formula is C19H32N2. The number of hydrogen-bond donors (Lipinski definition) is 1. The molecule has 1 N–H and O–H groups in total. The van der Waals surface area contributed by atoms with Gasteiger partial charge in [-0.3, -0.25) is 4.90 Å². The van der Waals surface area contributed by atoms with E-state index in [1.54, 1.807) is 0 Å². The molecule has 1 aromatic carbocycles. The van der Waals surface area contributed by atoms with Crippen LogP contribution in [0.3, 0.4) is 0 Å². The first-order valence-electron chi connectivity index (χ1n) is 8.50. The van der Waals surface area contributed by atoms with Crippen LogP contribution in [-0.2, 0) is 5.41 Å². The highest BCUT2D eigenvalue weighted by molar-refractivity contribution is 5.29. The maximum absolute atomic E-state index is 3.50. The molecule has 0 aromatic heterocycles. The highest BCUT2D eigenvalue weighted by Crippen LogP contribution is 2.28. The molecule has 1 heterocycles. The summed E-state index contributed by atoms with van der Waals surface area (Å²) in [6.07, 6.45) is 2.51. The zero-order valence-corrected chi connectivity index (χ0v) is 14.4. The quantitative estimate of drug-likeness (QED) is 0.877. The average molecular weight is 288 g/mol. The van der Waals surface area contributed by atoms with Crippen molar-refractivity contribution in [3.63, 3.8) is 0 Å². The smallest absolute Gasteiger partial charge is 0.0323 e. The van der Waals surface area contributed by atoms with Crippen LogP contribution in [0.25, 0.3) is 0 Å². The third kappa shape index (κ3) is 4.08. The standard InChI is InChI=1S/C19H32N2/c1-6-13-21(18-11-12-20-14-18)15(2)16-7-9-17(10-8-16)19(3,4)5/h7-10,15,18,20H,6,11-14H2,1-5H3. The van der Waals surface area contributed by atoms with Crippen LogP contribution < -0.4 is 5.32 Å². The summed E-state index contributed by atoms with van der Waals surface area (Å²) in [4.78, 5) is 2.69. The molecule has 1 saturated heterocycles. The molecule has 0 spiro atoms. The van der Waals surface area contributed by atoms with E-state index in [1.807, 2.05) is 0 Å². The topological polar surface area (TPSA) is 15.3 Å². The van der Waals surface area contributed by atoms with Gasteiger partial charge in [-0.05, 0) is 49.4 Å². The fraction of sp³-hybridized carbons (Fsp3) is 0.684. The highest BCUT2D eigenvalue weighted by atomic mass is 15.2. The van der Waals surface area contributed by atoms with Crippen molar-refractivity contribution >= 4 is 0 Å². The Labute approximate surface area is 130 Å². The SMILES string of the molecule is CCCN(C1CCNC1)C(C)c1ccc(C(C)(C)C)cc1. The molecule has 1 aromatic rings. The summed E-state index contributed by atoms with van der Waals surface area (Å²) >= 11 is 0. The minimum absolute atomic E-state index is 0.236. The highest BCUT2D eigenvalue weighted by Gasteiger charge is 2.26. The molecule has 1 fully saturated rings. The lowest BCUT2D eigenvalue weighted by Crippen LogP contribution is -2.39. The molecule has 0 radical (unpaired) electrons. The van der Waals surface area contributed by atoms with E-state index >= 15 is 0 Å². The number of nitrogens with zero attached hydrogens (tertiary/aromatic N) is 1. The lowest BCUT2D eigenvalue weighted by atomic mass is 9.86. The van der Waals surface area contributed by atoms with Crippen LogP contribution in [0, 0.1) is 0 Å². The Morgan fingerprint density at radius 2 is 1.90 bits per heavy atom. The molecule has 1 aliphatic heterocycles. The summed E-state index contributed by atoms with van der Waals surface area (Å²) in [7, 11) is 0. The summed E-state index contributed by atoms with van der Waals surface area (Å²) in [5.74, 6) is 0. The second-order valence-corrected chi connectivity index (χ2v) is 7.43. The van der Waals surface area contributed by atoms with Gasteiger partial charge in [0.1, 0.15) is 0 Å². The molecule has 21 heavy (non-hydrogen) atoms. The average Bonchev–Trinajstić information content (AvgIpc) is 2.97. The first-order valence-corrected chi connectivity index (χ1v) is 8.50. The van der Waals surface area contributed by atoms with Gasteiger partial charge in [-0.1, -0.05) is 52.0 Å². The fourth-order valence-corrected chi connectivity index (χ4v) is 3.33. The van der Waals surface area contributed by atoms with E-state index in [4.69, 9.17) is 0 Å². The third-order valence-corrected chi connectivity index (χ3v) is 4.74. The van der Waals surface area contributed by atoms with Gasteiger partial charge in [0, 0.05) is 18.6 Å². The van der Waals surface area contributed by atoms with Crippen molar-refractivity contribution in [1.82, 2.24) is 10.2 Å². The molecule has 1 aliphatic rings. The largest absolute Gasteiger partial charge is 0.315 e. The van der Waals surface area contributed by atoms with Gasteiger partial charge in [0.25, 0.3) is 0 Å². The van der Waals surface area contributed by atoms with Crippen molar-refractivity contribution in [3.8, 4) is 0 Å². The Hall–Kier alpha value is -0.860. The number of nitrogens with one attached hydrogen (secondary N) is 1. The van der Waals surface area contributed by atoms with Crippen molar-refractivity contribution in [3.05, 3.63) is 35.4 Å². The maximum Gasteiger partial charge on any atom is 0.0323 e. The predicted molar refractivity (Wildman–Crippen MR) is 91.8 cm³/mol. The first-order chi connectivity index (χ1) is 9.93. The van der Waals surface area contributed by atoms with Gasteiger partial charge >= 0.3 is 0 Å². The lowest BCUT2D eigenvalue weighted by molar-refractivity contribution is 0.153. The van der Waals surface area contributed by atoms with Crippen LogP contribution in [0.4, 0.5) is 0 Å². The lowest BCUT2D eigenvalue weighted by Gasteiger charge is -2.34. The van der Waals surface area contributed by atoms with E-state index in [1.165, 1.54) is 37.1 Å².